The lowest BCUT2D eigenvalue weighted by Crippen LogP contribution is -2.33. The zero-order chi connectivity index (χ0) is 16.5. The molecule has 0 aliphatic carbocycles. The van der Waals surface area contributed by atoms with Gasteiger partial charge >= 0.3 is 0 Å². The van der Waals surface area contributed by atoms with Crippen LogP contribution in [0, 0.1) is 5.92 Å². The fraction of sp³-hybridized carbons (Fsp3) is 0.706. The molecule has 5 nitrogen and oxygen atoms in total. The predicted molar refractivity (Wildman–Crippen MR) is 86.6 cm³/mol. The number of aliphatic hydroxyl groups excluding tert-OH is 1. The van der Waals surface area contributed by atoms with Gasteiger partial charge in [0.1, 0.15) is 6.10 Å². The van der Waals surface area contributed by atoms with Crippen molar-refractivity contribution in [2.45, 2.75) is 39.4 Å². The van der Waals surface area contributed by atoms with Crippen molar-refractivity contribution in [1.82, 2.24) is 4.90 Å². The molecule has 0 saturated carbocycles. The van der Waals surface area contributed by atoms with Crippen molar-refractivity contribution in [2.24, 2.45) is 5.92 Å². The predicted octanol–water partition coefficient (Wildman–Crippen LogP) is 1.77. The molecule has 1 aliphatic heterocycles. The SMILES string of the molecule is COC1C=CCN(C(C)=O)CCCOCC(C)=CC(C)C1O. The van der Waals surface area contributed by atoms with Crippen LogP contribution in [0.3, 0.4) is 0 Å². The zero-order valence-electron chi connectivity index (χ0n) is 14.1. The molecule has 22 heavy (non-hydrogen) atoms. The standard InChI is InChI=1S/C17H29NO4/c1-13-11-14(2)17(20)16(21-4)7-5-8-18(15(3)19)9-6-10-22-12-13/h5,7,11,14,16-17,20H,6,8-10,12H2,1-4H3. The van der Waals surface area contributed by atoms with Crippen molar-refractivity contribution in [3.8, 4) is 0 Å². The van der Waals surface area contributed by atoms with Crippen LogP contribution in [0.15, 0.2) is 23.8 Å². The van der Waals surface area contributed by atoms with E-state index in [1.807, 2.05) is 32.1 Å². The number of ether oxygens (including phenoxy) is 2. The van der Waals surface area contributed by atoms with Crippen molar-refractivity contribution in [3.05, 3.63) is 23.8 Å². The summed E-state index contributed by atoms with van der Waals surface area (Å²) in [4.78, 5) is 13.4. The van der Waals surface area contributed by atoms with E-state index >= 15 is 0 Å². The third-order valence-corrected chi connectivity index (χ3v) is 3.84. The van der Waals surface area contributed by atoms with Gasteiger partial charge in [0.05, 0.1) is 12.7 Å². The lowest BCUT2D eigenvalue weighted by atomic mass is 9.97. The maximum Gasteiger partial charge on any atom is 0.219 e. The summed E-state index contributed by atoms with van der Waals surface area (Å²) in [5.41, 5.74) is 1.09. The normalized spacial score (nSPS) is 28.9. The van der Waals surface area contributed by atoms with Crippen LogP contribution in [0.1, 0.15) is 27.2 Å². The third kappa shape index (κ3) is 6.30. The molecule has 5 heteroatoms. The average molecular weight is 311 g/mol. The molecule has 3 unspecified atom stereocenters. The first-order valence-corrected chi connectivity index (χ1v) is 7.83. The first kappa shape index (κ1) is 18.9. The largest absolute Gasteiger partial charge is 0.389 e. The number of rotatable bonds is 1. The van der Waals surface area contributed by atoms with E-state index < -0.39 is 12.2 Å². The number of methoxy groups -OCH3 is 1. The average Bonchev–Trinajstić information content (AvgIpc) is 2.47. The van der Waals surface area contributed by atoms with Crippen LogP contribution >= 0.6 is 0 Å². The quantitative estimate of drug-likeness (QED) is 0.750. The third-order valence-electron chi connectivity index (χ3n) is 3.84. The smallest absolute Gasteiger partial charge is 0.219 e. The highest BCUT2D eigenvalue weighted by atomic mass is 16.5. The number of carbonyl (C=O) groups is 1. The van der Waals surface area contributed by atoms with Crippen molar-refractivity contribution >= 4 is 5.91 Å². The molecule has 0 aromatic carbocycles. The van der Waals surface area contributed by atoms with Gasteiger partial charge in [-0.2, -0.15) is 0 Å². The van der Waals surface area contributed by atoms with Crippen molar-refractivity contribution in [3.63, 3.8) is 0 Å². The molecule has 0 spiro atoms. The molecule has 0 aromatic rings. The van der Waals surface area contributed by atoms with E-state index in [4.69, 9.17) is 9.47 Å². The Morgan fingerprint density at radius 2 is 2.23 bits per heavy atom. The molecular formula is C17H29NO4. The minimum atomic E-state index is -0.634. The number of hydrogen-bond donors (Lipinski definition) is 1. The Kier molecular flexibility index (Phi) is 8.38. The van der Waals surface area contributed by atoms with Gasteiger partial charge in [-0.05, 0) is 13.3 Å². The minimum absolute atomic E-state index is 0.0370. The highest BCUT2D eigenvalue weighted by Gasteiger charge is 2.21. The van der Waals surface area contributed by atoms with Crippen molar-refractivity contribution in [2.75, 3.05) is 33.4 Å². The molecule has 1 heterocycles. The lowest BCUT2D eigenvalue weighted by molar-refractivity contribution is -0.128. The Bertz CT molecular complexity index is 405. The topological polar surface area (TPSA) is 59.0 Å². The van der Waals surface area contributed by atoms with Gasteiger partial charge in [0.25, 0.3) is 0 Å². The van der Waals surface area contributed by atoms with Gasteiger partial charge < -0.3 is 19.5 Å². The maximum absolute atomic E-state index is 11.6. The van der Waals surface area contributed by atoms with E-state index in [9.17, 15) is 9.90 Å². The van der Waals surface area contributed by atoms with Crippen LogP contribution in [0.4, 0.5) is 0 Å². The monoisotopic (exact) mass is 311 g/mol. The summed E-state index contributed by atoms with van der Waals surface area (Å²) in [6.07, 6.45) is 5.53. The summed E-state index contributed by atoms with van der Waals surface area (Å²) in [5, 5.41) is 10.4. The van der Waals surface area contributed by atoms with Gasteiger partial charge in [0.2, 0.25) is 5.91 Å². The molecule has 0 bridgehead atoms. The summed E-state index contributed by atoms with van der Waals surface area (Å²) < 4.78 is 11.0. The van der Waals surface area contributed by atoms with Gasteiger partial charge in [-0.25, -0.2) is 0 Å². The number of amides is 1. The zero-order valence-corrected chi connectivity index (χ0v) is 14.1. The molecular weight excluding hydrogens is 282 g/mol. The second-order valence-corrected chi connectivity index (χ2v) is 5.86. The first-order chi connectivity index (χ1) is 10.5. The Hall–Kier alpha value is -1.17. The highest BCUT2D eigenvalue weighted by molar-refractivity contribution is 5.73. The number of nitrogens with zero attached hydrogens (tertiary/aromatic N) is 1. The molecule has 0 aromatic heterocycles. The van der Waals surface area contributed by atoms with Gasteiger partial charge in [0, 0.05) is 39.6 Å². The fourth-order valence-corrected chi connectivity index (χ4v) is 2.52. The minimum Gasteiger partial charge on any atom is -0.389 e. The molecule has 1 rings (SSSR count). The van der Waals surface area contributed by atoms with E-state index in [0.717, 1.165) is 12.0 Å². The molecule has 0 radical (unpaired) electrons. The number of carbonyl (C=O) groups excluding carboxylic acids is 1. The van der Waals surface area contributed by atoms with Crippen molar-refractivity contribution in [1.29, 1.82) is 0 Å². The van der Waals surface area contributed by atoms with Crippen LogP contribution < -0.4 is 0 Å². The van der Waals surface area contributed by atoms with Gasteiger partial charge in [-0.3, -0.25) is 4.79 Å². The summed E-state index contributed by atoms with van der Waals surface area (Å²) in [5.74, 6) is 0.000699. The molecule has 3 atom stereocenters. The molecule has 126 valence electrons. The Labute approximate surface area is 133 Å². The summed E-state index contributed by atoms with van der Waals surface area (Å²) in [6, 6.07) is 0. The fourth-order valence-electron chi connectivity index (χ4n) is 2.52. The summed E-state index contributed by atoms with van der Waals surface area (Å²) in [6.45, 7) is 7.87. The van der Waals surface area contributed by atoms with Gasteiger partial charge in [-0.1, -0.05) is 30.7 Å². The Morgan fingerprint density at radius 1 is 1.50 bits per heavy atom. The van der Waals surface area contributed by atoms with E-state index in [1.165, 1.54) is 0 Å². The number of hydrogen-bond acceptors (Lipinski definition) is 4. The van der Waals surface area contributed by atoms with E-state index in [-0.39, 0.29) is 11.8 Å². The molecule has 1 N–H and O–H groups in total. The van der Waals surface area contributed by atoms with E-state index in [2.05, 4.69) is 0 Å². The first-order valence-electron chi connectivity index (χ1n) is 7.83. The molecule has 1 amide bonds. The second-order valence-electron chi connectivity index (χ2n) is 5.86. The van der Waals surface area contributed by atoms with Crippen LogP contribution in [0.5, 0.6) is 0 Å². The summed E-state index contributed by atoms with van der Waals surface area (Å²) >= 11 is 0. The van der Waals surface area contributed by atoms with Gasteiger partial charge in [0.15, 0.2) is 0 Å². The number of aliphatic hydroxyl groups is 1. The molecule has 0 fully saturated rings. The summed E-state index contributed by atoms with van der Waals surface area (Å²) in [7, 11) is 1.58. The molecule has 1 aliphatic rings. The molecule has 0 saturated heterocycles. The van der Waals surface area contributed by atoms with E-state index in [1.54, 1.807) is 18.9 Å². The van der Waals surface area contributed by atoms with Crippen LogP contribution in [0.2, 0.25) is 0 Å². The highest BCUT2D eigenvalue weighted by Crippen LogP contribution is 2.15. The van der Waals surface area contributed by atoms with Crippen LogP contribution in [-0.2, 0) is 14.3 Å². The Morgan fingerprint density at radius 3 is 2.86 bits per heavy atom. The lowest BCUT2D eigenvalue weighted by Gasteiger charge is -2.24. The van der Waals surface area contributed by atoms with Crippen LogP contribution in [0.25, 0.3) is 0 Å². The van der Waals surface area contributed by atoms with Crippen LogP contribution in [-0.4, -0.2) is 61.5 Å². The second kappa shape index (κ2) is 9.77. The Balaban J connectivity index is 2.86. The van der Waals surface area contributed by atoms with E-state index in [0.29, 0.717) is 26.3 Å². The van der Waals surface area contributed by atoms with Gasteiger partial charge in [-0.15, -0.1) is 0 Å². The maximum atomic E-state index is 11.6. The van der Waals surface area contributed by atoms with Crippen molar-refractivity contribution < 1.29 is 19.4 Å².